The number of aromatic carboxylic acids is 1. The highest BCUT2D eigenvalue weighted by Gasteiger charge is 2.09. The molecule has 0 saturated carbocycles. The first kappa shape index (κ1) is 19.3. The summed E-state index contributed by atoms with van der Waals surface area (Å²) < 4.78 is 10.6. The number of phenols is 1. The summed E-state index contributed by atoms with van der Waals surface area (Å²) >= 11 is 0. The summed E-state index contributed by atoms with van der Waals surface area (Å²) in [5.41, 5.74) is 4.63. The maximum absolute atomic E-state index is 10.5. The van der Waals surface area contributed by atoms with Crippen molar-refractivity contribution in [1.29, 1.82) is 0 Å². The van der Waals surface area contributed by atoms with E-state index in [0.29, 0.717) is 12.4 Å². The number of carboxylic acid groups (broad SMARTS) is 1. The van der Waals surface area contributed by atoms with Gasteiger partial charge in [-0.1, -0.05) is 30.3 Å². The van der Waals surface area contributed by atoms with Crippen molar-refractivity contribution in [3.05, 3.63) is 83.4 Å². The first-order chi connectivity index (χ1) is 13.6. The van der Waals surface area contributed by atoms with Crippen LogP contribution < -0.4 is 4.74 Å². The van der Waals surface area contributed by atoms with Crippen LogP contribution >= 0.6 is 0 Å². The van der Waals surface area contributed by atoms with Gasteiger partial charge in [-0.05, 0) is 61.2 Å². The molecule has 0 radical (unpaired) electrons. The monoisotopic (exact) mass is 378 g/mol. The summed E-state index contributed by atoms with van der Waals surface area (Å²) in [7, 11) is 0. The molecule has 5 heteroatoms. The Labute approximate surface area is 163 Å². The lowest BCUT2D eigenvalue weighted by Gasteiger charge is -2.04. The molecule has 0 atom stereocenters. The number of rotatable bonds is 6. The SMILES string of the molecule is CCOc1ccc(C(=O)O)c(O)c1.c1ccc(CCc2cc3ccc2o3)cc1. The lowest BCUT2D eigenvalue weighted by molar-refractivity contribution is 0.0693. The highest BCUT2D eigenvalue weighted by atomic mass is 16.5. The van der Waals surface area contributed by atoms with Crippen molar-refractivity contribution in [1.82, 2.24) is 0 Å². The van der Waals surface area contributed by atoms with E-state index in [1.165, 1.54) is 29.3 Å². The van der Waals surface area contributed by atoms with Crippen molar-refractivity contribution in [3.63, 3.8) is 0 Å². The Balaban J connectivity index is 0.000000163. The number of carbonyl (C=O) groups is 1. The van der Waals surface area contributed by atoms with Crippen LogP contribution in [0.1, 0.15) is 28.4 Å². The fourth-order valence-corrected chi connectivity index (χ4v) is 2.91. The Morgan fingerprint density at radius 1 is 1.00 bits per heavy atom. The summed E-state index contributed by atoms with van der Waals surface area (Å²) in [6, 6.07) is 20.9. The molecule has 0 amide bonds. The summed E-state index contributed by atoms with van der Waals surface area (Å²) in [5, 5.41) is 17.8. The van der Waals surface area contributed by atoms with E-state index in [1.807, 2.05) is 13.0 Å². The van der Waals surface area contributed by atoms with Gasteiger partial charge >= 0.3 is 5.97 Å². The molecule has 0 fully saturated rings. The molecule has 0 aliphatic rings. The predicted molar refractivity (Wildman–Crippen MR) is 107 cm³/mol. The van der Waals surface area contributed by atoms with E-state index >= 15 is 0 Å². The first-order valence-corrected chi connectivity index (χ1v) is 9.10. The Morgan fingerprint density at radius 2 is 1.79 bits per heavy atom. The Kier molecular flexibility index (Phi) is 6.17. The van der Waals surface area contributed by atoms with Crippen LogP contribution in [-0.4, -0.2) is 22.8 Å². The third kappa shape index (κ3) is 4.82. The summed E-state index contributed by atoms with van der Waals surface area (Å²) in [6.45, 7) is 2.29. The van der Waals surface area contributed by atoms with Gasteiger partial charge in [0, 0.05) is 6.07 Å². The standard InChI is InChI=1S/C14H12O.C9H10O4/c1-2-4-11(5-3-1)6-7-12-10-13-8-9-14(12)15-13;1-2-13-6-3-4-7(9(11)12)8(10)5-6/h1-5,8-10H,6-7H2;3-5,10H,2H2,1H3,(H,11,12). The normalized spacial score (nSPS) is 10.5. The van der Waals surface area contributed by atoms with Gasteiger partial charge in [0.25, 0.3) is 0 Å². The van der Waals surface area contributed by atoms with Crippen molar-refractivity contribution in [2.24, 2.45) is 0 Å². The van der Waals surface area contributed by atoms with Crippen LogP contribution in [0.15, 0.2) is 71.1 Å². The largest absolute Gasteiger partial charge is 0.507 e. The van der Waals surface area contributed by atoms with Crippen LogP contribution in [0.5, 0.6) is 11.5 Å². The highest BCUT2D eigenvalue weighted by molar-refractivity contribution is 5.90. The fourth-order valence-electron chi connectivity index (χ4n) is 2.91. The minimum Gasteiger partial charge on any atom is -0.507 e. The number of furan rings is 2. The minimum absolute atomic E-state index is 0.122. The molecular weight excluding hydrogens is 356 g/mol. The number of carboxylic acids is 1. The molecule has 0 aliphatic heterocycles. The van der Waals surface area contributed by atoms with Crippen LogP contribution in [0, 0.1) is 0 Å². The van der Waals surface area contributed by atoms with Gasteiger partial charge in [-0.25, -0.2) is 4.79 Å². The Hall–Kier alpha value is -3.47. The first-order valence-electron chi connectivity index (χ1n) is 9.10. The fraction of sp³-hybridized carbons (Fsp3) is 0.174. The zero-order valence-corrected chi connectivity index (χ0v) is 15.6. The van der Waals surface area contributed by atoms with Gasteiger partial charge in [-0.3, -0.25) is 0 Å². The molecular formula is C23H22O5. The minimum atomic E-state index is -1.15. The molecule has 0 saturated heterocycles. The average Bonchev–Trinajstić information content (AvgIpc) is 3.31. The maximum atomic E-state index is 10.5. The number of fused-ring (bicyclic) bond motifs is 2. The second-order valence-electron chi connectivity index (χ2n) is 6.27. The van der Waals surface area contributed by atoms with E-state index in [1.54, 1.807) is 0 Å². The number of benzene rings is 3. The van der Waals surface area contributed by atoms with Crippen molar-refractivity contribution < 1.29 is 24.2 Å². The van der Waals surface area contributed by atoms with E-state index in [4.69, 9.17) is 14.3 Å². The van der Waals surface area contributed by atoms with E-state index < -0.39 is 5.97 Å². The molecule has 4 aromatic rings. The van der Waals surface area contributed by atoms with E-state index in [0.717, 1.165) is 24.0 Å². The van der Waals surface area contributed by atoms with Gasteiger partial charge in [0.05, 0.1) is 6.61 Å². The Morgan fingerprint density at radius 3 is 2.36 bits per heavy atom. The lowest BCUT2D eigenvalue weighted by Crippen LogP contribution is -1.97. The zero-order chi connectivity index (χ0) is 19.9. The summed E-state index contributed by atoms with van der Waals surface area (Å²) in [5.74, 6) is -0.969. The Bertz CT molecular complexity index is 1020. The van der Waals surface area contributed by atoms with E-state index in [-0.39, 0.29) is 11.3 Å². The lowest BCUT2D eigenvalue weighted by atomic mass is 10.0. The number of aromatic hydroxyl groups is 1. The average molecular weight is 378 g/mol. The molecule has 0 unspecified atom stereocenters. The van der Waals surface area contributed by atoms with Gasteiger partial charge in [0.15, 0.2) is 0 Å². The summed E-state index contributed by atoms with van der Waals surface area (Å²) in [6.07, 6.45) is 2.15. The molecule has 2 bridgehead atoms. The zero-order valence-electron chi connectivity index (χ0n) is 15.6. The van der Waals surface area contributed by atoms with Gasteiger partial charge in [-0.15, -0.1) is 0 Å². The second kappa shape index (κ2) is 8.95. The maximum Gasteiger partial charge on any atom is 0.339 e. The quantitative estimate of drug-likeness (QED) is 0.485. The van der Waals surface area contributed by atoms with Gasteiger partial charge in [0.2, 0.25) is 0 Å². The van der Waals surface area contributed by atoms with Crippen molar-refractivity contribution in [2.75, 3.05) is 6.61 Å². The third-order valence-electron chi connectivity index (χ3n) is 4.30. The molecule has 0 aliphatic carbocycles. The van der Waals surface area contributed by atoms with Gasteiger partial charge in [0.1, 0.15) is 28.2 Å². The second-order valence-corrected chi connectivity index (χ2v) is 6.27. The van der Waals surface area contributed by atoms with Crippen molar-refractivity contribution in [2.45, 2.75) is 19.8 Å². The predicted octanol–water partition coefficient (Wildman–Crippen LogP) is 5.14. The summed E-state index contributed by atoms with van der Waals surface area (Å²) in [4.78, 5) is 10.5. The molecule has 4 rings (SSSR count). The van der Waals surface area contributed by atoms with Crippen molar-refractivity contribution >= 4 is 17.1 Å². The van der Waals surface area contributed by atoms with Gasteiger partial charge < -0.3 is 19.4 Å². The molecule has 2 heterocycles. The van der Waals surface area contributed by atoms with Crippen LogP contribution in [0.2, 0.25) is 0 Å². The number of ether oxygens (including phenoxy) is 1. The topological polar surface area (TPSA) is 79.9 Å². The van der Waals surface area contributed by atoms with Crippen LogP contribution in [-0.2, 0) is 12.8 Å². The third-order valence-corrected chi connectivity index (χ3v) is 4.30. The highest BCUT2D eigenvalue weighted by Crippen LogP contribution is 2.24. The molecule has 2 aromatic carbocycles. The molecule has 5 nitrogen and oxygen atoms in total. The molecule has 144 valence electrons. The van der Waals surface area contributed by atoms with Gasteiger partial charge in [-0.2, -0.15) is 0 Å². The van der Waals surface area contributed by atoms with Crippen LogP contribution in [0.25, 0.3) is 11.2 Å². The van der Waals surface area contributed by atoms with E-state index in [2.05, 4.69) is 42.5 Å². The molecule has 2 aromatic heterocycles. The molecule has 28 heavy (non-hydrogen) atoms. The smallest absolute Gasteiger partial charge is 0.339 e. The molecule has 2 N–H and O–H groups in total. The van der Waals surface area contributed by atoms with Crippen LogP contribution in [0.3, 0.4) is 0 Å². The number of aryl methyl sites for hydroxylation is 2. The van der Waals surface area contributed by atoms with Crippen molar-refractivity contribution in [3.8, 4) is 11.5 Å². The number of hydrogen-bond acceptors (Lipinski definition) is 4. The van der Waals surface area contributed by atoms with Crippen LogP contribution in [0.4, 0.5) is 0 Å². The van der Waals surface area contributed by atoms with E-state index in [9.17, 15) is 9.90 Å². The molecule has 0 spiro atoms. The number of hydrogen-bond donors (Lipinski definition) is 2.